The second-order valence-electron chi connectivity index (χ2n) is 5.39. The molecule has 2 N–H and O–H groups in total. The lowest BCUT2D eigenvalue weighted by Gasteiger charge is -2.27. The number of nitrogens with one attached hydrogen (secondary N) is 1. The Morgan fingerprint density at radius 2 is 2.05 bits per heavy atom. The summed E-state index contributed by atoms with van der Waals surface area (Å²) in [6.45, 7) is 0.495. The summed E-state index contributed by atoms with van der Waals surface area (Å²) in [5.41, 5.74) is 0.476. The molecule has 21 heavy (non-hydrogen) atoms. The third kappa shape index (κ3) is 3.88. The molecule has 1 aromatic carbocycles. The molecule has 0 heterocycles. The highest BCUT2D eigenvalue weighted by molar-refractivity contribution is 5.97. The van der Waals surface area contributed by atoms with E-state index in [2.05, 4.69) is 5.32 Å². The lowest BCUT2D eigenvalue weighted by Crippen LogP contribution is -2.36. The van der Waals surface area contributed by atoms with Crippen molar-refractivity contribution in [1.29, 1.82) is 0 Å². The number of hydrogen-bond acceptors (Lipinski definition) is 4. The van der Waals surface area contributed by atoms with Gasteiger partial charge in [0.25, 0.3) is 5.91 Å². The van der Waals surface area contributed by atoms with Gasteiger partial charge in [0.1, 0.15) is 11.5 Å². The van der Waals surface area contributed by atoms with Gasteiger partial charge in [0, 0.05) is 18.5 Å². The first-order chi connectivity index (χ1) is 10.2. The predicted molar refractivity (Wildman–Crippen MR) is 79.8 cm³/mol. The first-order valence-corrected chi connectivity index (χ1v) is 7.34. The minimum Gasteiger partial charge on any atom is -0.497 e. The number of aliphatic hydroxyl groups is 1. The SMILES string of the molecule is COc1ccc(C(=O)NCC2CCCCC2O)c(OC)c1. The molecular weight excluding hydrogens is 270 g/mol. The van der Waals surface area contributed by atoms with E-state index in [0.717, 1.165) is 25.7 Å². The van der Waals surface area contributed by atoms with Crippen LogP contribution in [0.2, 0.25) is 0 Å². The molecule has 1 fully saturated rings. The Bertz CT molecular complexity index is 489. The molecule has 5 nitrogen and oxygen atoms in total. The van der Waals surface area contributed by atoms with Crippen molar-refractivity contribution in [1.82, 2.24) is 5.32 Å². The highest BCUT2D eigenvalue weighted by atomic mass is 16.5. The Balaban J connectivity index is 1.99. The van der Waals surface area contributed by atoms with Crippen LogP contribution in [0.3, 0.4) is 0 Å². The fourth-order valence-electron chi connectivity index (χ4n) is 2.73. The quantitative estimate of drug-likeness (QED) is 0.871. The predicted octanol–water partition coefficient (Wildman–Crippen LogP) is 1.98. The fraction of sp³-hybridized carbons (Fsp3) is 0.562. The van der Waals surface area contributed by atoms with Gasteiger partial charge in [0.05, 0.1) is 25.9 Å². The van der Waals surface area contributed by atoms with Gasteiger partial charge in [-0.1, -0.05) is 12.8 Å². The third-order valence-electron chi connectivity index (χ3n) is 4.05. The summed E-state index contributed by atoms with van der Waals surface area (Å²) < 4.78 is 10.3. The number of aliphatic hydroxyl groups excluding tert-OH is 1. The molecule has 2 unspecified atom stereocenters. The molecule has 2 rings (SSSR count). The minimum atomic E-state index is -0.309. The normalized spacial score (nSPS) is 21.7. The van der Waals surface area contributed by atoms with Gasteiger partial charge in [-0.3, -0.25) is 4.79 Å². The van der Waals surface area contributed by atoms with Gasteiger partial charge in [-0.15, -0.1) is 0 Å². The molecule has 1 saturated carbocycles. The molecule has 0 saturated heterocycles. The maximum Gasteiger partial charge on any atom is 0.255 e. The van der Waals surface area contributed by atoms with E-state index in [0.29, 0.717) is 23.6 Å². The summed E-state index contributed by atoms with van der Waals surface area (Å²) in [6.07, 6.45) is 3.66. The standard InChI is InChI=1S/C16H23NO4/c1-20-12-7-8-13(15(9-12)21-2)16(19)17-10-11-5-3-4-6-14(11)18/h7-9,11,14,18H,3-6,10H2,1-2H3,(H,17,19). The van der Waals surface area contributed by atoms with E-state index in [9.17, 15) is 9.90 Å². The average Bonchev–Trinajstić information content (AvgIpc) is 2.53. The van der Waals surface area contributed by atoms with E-state index in [1.807, 2.05) is 0 Å². The Morgan fingerprint density at radius 1 is 1.29 bits per heavy atom. The maximum atomic E-state index is 12.3. The van der Waals surface area contributed by atoms with Crippen molar-refractivity contribution in [2.75, 3.05) is 20.8 Å². The van der Waals surface area contributed by atoms with Crippen LogP contribution in [0.25, 0.3) is 0 Å². The molecule has 116 valence electrons. The zero-order chi connectivity index (χ0) is 15.2. The zero-order valence-corrected chi connectivity index (χ0v) is 12.6. The molecular formula is C16H23NO4. The van der Waals surface area contributed by atoms with Crippen LogP contribution in [0.1, 0.15) is 36.0 Å². The lowest BCUT2D eigenvalue weighted by atomic mass is 9.86. The first-order valence-electron chi connectivity index (χ1n) is 7.34. The Labute approximate surface area is 125 Å². The van der Waals surface area contributed by atoms with Gasteiger partial charge in [-0.2, -0.15) is 0 Å². The molecule has 2 atom stereocenters. The van der Waals surface area contributed by atoms with Crippen LogP contribution in [0.4, 0.5) is 0 Å². The fourth-order valence-corrected chi connectivity index (χ4v) is 2.73. The molecule has 0 aromatic heterocycles. The minimum absolute atomic E-state index is 0.145. The highest BCUT2D eigenvalue weighted by Crippen LogP contribution is 2.26. The van der Waals surface area contributed by atoms with Crippen LogP contribution < -0.4 is 14.8 Å². The van der Waals surface area contributed by atoms with Gasteiger partial charge in [0.2, 0.25) is 0 Å². The van der Waals surface area contributed by atoms with E-state index >= 15 is 0 Å². The summed E-state index contributed by atoms with van der Waals surface area (Å²) in [5, 5.41) is 12.8. The van der Waals surface area contributed by atoms with Crippen LogP contribution in [0, 0.1) is 5.92 Å². The van der Waals surface area contributed by atoms with Gasteiger partial charge in [-0.05, 0) is 25.0 Å². The molecule has 1 aliphatic rings. The van der Waals surface area contributed by atoms with Crippen LogP contribution in [0.15, 0.2) is 18.2 Å². The second kappa shape index (κ2) is 7.31. The largest absolute Gasteiger partial charge is 0.497 e. The average molecular weight is 293 g/mol. The van der Waals surface area contributed by atoms with Gasteiger partial charge < -0.3 is 19.9 Å². The number of carbonyl (C=O) groups excluding carboxylic acids is 1. The molecule has 0 aliphatic heterocycles. The van der Waals surface area contributed by atoms with Crippen LogP contribution >= 0.6 is 0 Å². The number of carbonyl (C=O) groups is 1. The smallest absolute Gasteiger partial charge is 0.255 e. The van der Waals surface area contributed by atoms with Crippen molar-refractivity contribution in [2.45, 2.75) is 31.8 Å². The third-order valence-corrected chi connectivity index (χ3v) is 4.05. The van der Waals surface area contributed by atoms with Crippen molar-refractivity contribution < 1.29 is 19.4 Å². The lowest BCUT2D eigenvalue weighted by molar-refractivity contribution is 0.0662. The van der Waals surface area contributed by atoms with Gasteiger partial charge in [-0.25, -0.2) is 0 Å². The zero-order valence-electron chi connectivity index (χ0n) is 12.6. The van der Waals surface area contributed by atoms with Gasteiger partial charge >= 0.3 is 0 Å². The summed E-state index contributed by atoms with van der Waals surface area (Å²) in [6, 6.07) is 5.10. The molecule has 1 aliphatic carbocycles. The number of hydrogen-bond donors (Lipinski definition) is 2. The number of amides is 1. The summed E-state index contributed by atoms with van der Waals surface area (Å²) in [7, 11) is 3.09. The first kappa shape index (κ1) is 15.6. The van der Waals surface area contributed by atoms with Crippen LogP contribution in [-0.4, -0.2) is 37.9 Å². The molecule has 5 heteroatoms. The molecule has 1 aromatic rings. The monoisotopic (exact) mass is 293 g/mol. The Hall–Kier alpha value is -1.75. The Kier molecular flexibility index (Phi) is 5.44. The maximum absolute atomic E-state index is 12.3. The van der Waals surface area contributed by atoms with Gasteiger partial charge in [0.15, 0.2) is 0 Å². The van der Waals surface area contributed by atoms with Crippen LogP contribution in [-0.2, 0) is 0 Å². The number of ether oxygens (including phenoxy) is 2. The summed E-state index contributed by atoms with van der Waals surface area (Å²) >= 11 is 0. The van der Waals surface area contributed by atoms with E-state index in [1.54, 1.807) is 25.3 Å². The van der Waals surface area contributed by atoms with Crippen molar-refractivity contribution in [3.8, 4) is 11.5 Å². The Morgan fingerprint density at radius 3 is 2.71 bits per heavy atom. The molecule has 1 amide bonds. The van der Waals surface area contributed by atoms with Crippen molar-refractivity contribution >= 4 is 5.91 Å². The summed E-state index contributed by atoms with van der Waals surface area (Å²) in [5.74, 6) is 1.08. The van der Waals surface area contributed by atoms with E-state index in [1.165, 1.54) is 7.11 Å². The number of methoxy groups -OCH3 is 2. The summed E-state index contributed by atoms with van der Waals surface area (Å²) in [4.78, 5) is 12.3. The van der Waals surface area contributed by atoms with Crippen molar-refractivity contribution in [3.63, 3.8) is 0 Å². The number of benzene rings is 1. The van der Waals surface area contributed by atoms with Crippen molar-refractivity contribution in [2.24, 2.45) is 5.92 Å². The van der Waals surface area contributed by atoms with Crippen LogP contribution in [0.5, 0.6) is 11.5 Å². The molecule has 0 radical (unpaired) electrons. The second-order valence-corrected chi connectivity index (χ2v) is 5.39. The van der Waals surface area contributed by atoms with E-state index < -0.39 is 0 Å². The molecule has 0 spiro atoms. The number of rotatable bonds is 5. The molecule has 0 bridgehead atoms. The van der Waals surface area contributed by atoms with E-state index in [4.69, 9.17) is 9.47 Å². The van der Waals surface area contributed by atoms with Crippen molar-refractivity contribution in [3.05, 3.63) is 23.8 Å². The highest BCUT2D eigenvalue weighted by Gasteiger charge is 2.24. The van der Waals surface area contributed by atoms with E-state index in [-0.39, 0.29) is 17.9 Å². The topological polar surface area (TPSA) is 67.8 Å².